The third-order valence-corrected chi connectivity index (χ3v) is 2.95. The SMILES string of the molecule is NOCOC1C(O)[C@@H](CO)O[C@H]1n1ccc(N)nc1=O. The summed E-state index contributed by atoms with van der Waals surface area (Å²) in [6.45, 7) is -0.741. The molecule has 1 aliphatic rings. The highest BCUT2D eigenvalue weighted by molar-refractivity contribution is 5.23. The first-order chi connectivity index (χ1) is 9.58. The summed E-state index contributed by atoms with van der Waals surface area (Å²) < 4.78 is 11.7. The smallest absolute Gasteiger partial charge is 0.351 e. The van der Waals surface area contributed by atoms with Gasteiger partial charge in [-0.25, -0.2) is 10.7 Å². The summed E-state index contributed by atoms with van der Waals surface area (Å²) in [6.07, 6.45) is -2.60. The molecule has 0 bridgehead atoms. The molecule has 2 rings (SSSR count). The normalized spacial score (nSPS) is 29.8. The van der Waals surface area contributed by atoms with Crippen molar-refractivity contribution in [2.24, 2.45) is 5.90 Å². The number of hydrogen-bond acceptors (Lipinski definition) is 9. The van der Waals surface area contributed by atoms with Gasteiger partial charge in [0.2, 0.25) is 0 Å². The number of nitrogens with two attached hydrogens (primary N) is 2. The van der Waals surface area contributed by atoms with Gasteiger partial charge in [-0.1, -0.05) is 0 Å². The Morgan fingerprint density at radius 3 is 2.90 bits per heavy atom. The van der Waals surface area contributed by atoms with Crippen LogP contribution in [0, 0.1) is 0 Å². The zero-order chi connectivity index (χ0) is 14.7. The first kappa shape index (κ1) is 14.8. The maximum absolute atomic E-state index is 11.8. The van der Waals surface area contributed by atoms with E-state index in [1.807, 2.05) is 0 Å². The molecule has 1 aliphatic heterocycles. The van der Waals surface area contributed by atoms with Gasteiger partial charge in [-0.2, -0.15) is 4.98 Å². The van der Waals surface area contributed by atoms with Crippen molar-refractivity contribution in [3.8, 4) is 0 Å². The molecule has 10 nitrogen and oxygen atoms in total. The van der Waals surface area contributed by atoms with Crippen LogP contribution in [-0.4, -0.2) is 51.5 Å². The second kappa shape index (κ2) is 6.26. The number of ether oxygens (including phenoxy) is 2. The van der Waals surface area contributed by atoms with Gasteiger partial charge in [-0.05, 0) is 6.07 Å². The van der Waals surface area contributed by atoms with E-state index in [-0.39, 0.29) is 12.6 Å². The largest absolute Gasteiger partial charge is 0.394 e. The van der Waals surface area contributed by atoms with E-state index < -0.39 is 36.8 Å². The summed E-state index contributed by atoms with van der Waals surface area (Å²) in [6, 6.07) is 1.40. The molecule has 1 fully saturated rings. The van der Waals surface area contributed by atoms with Gasteiger partial charge in [-0.3, -0.25) is 9.40 Å². The molecule has 6 N–H and O–H groups in total. The Morgan fingerprint density at radius 2 is 2.30 bits per heavy atom. The Balaban J connectivity index is 2.29. The molecule has 0 spiro atoms. The first-order valence-corrected chi connectivity index (χ1v) is 5.80. The fourth-order valence-corrected chi connectivity index (χ4v) is 2.01. The van der Waals surface area contributed by atoms with Crippen molar-refractivity contribution >= 4 is 5.82 Å². The van der Waals surface area contributed by atoms with Gasteiger partial charge in [-0.15, -0.1) is 0 Å². The first-order valence-electron chi connectivity index (χ1n) is 5.80. The molecule has 2 heterocycles. The van der Waals surface area contributed by atoms with Crippen LogP contribution in [0.1, 0.15) is 6.23 Å². The van der Waals surface area contributed by atoms with Crippen LogP contribution < -0.4 is 17.3 Å². The predicted molar refractivity (Wildman–Crippen MR) is 64.9 cm³/mol. The molecule has 20 heavy (non-hydrogen) atoms. The van der Waals surface area contributed by atoms with E-state index in [1.54, 1.807) is 0 Å². The quantitative estimate of drug-likeness (QED) is 0.334. The summed E-state index contributed by atoms with van der Waals surface area (Å²) in [5.41, 5.74) is 4.74. The number of nitrogens with zero attached hydrogens (tertiary/aromatic N) is 2. The Labute approximate surface area is 113 Å². The maximum Gasteiger partial charge on any atom is 0.351 e. The second-order valence-corrected chi connectivity index (χ2v) is 4.20. The molecule has 0 aromatic carbocycles. The molecule has 0 radical (unpaired) electrons. The molecule has 112 valence electrons. The van der Waals surface area contributed by atoms with Gasteiger partial charge in [0.1, 0.15) is 24.1 Å². The molecule has 0 aliphatic carbocycles. The third-order valence-electron chi connectivity index (χ3n) is 2.95. The van der Waals surface area contributed by atoms with E-state index in [4.69, 9.17) is 26.2 Å². The van der Waals surface area contributed by atoms with Crippen LogP contribution in [-0.2, 0) is 14.3 Å². The molecule has 0 amide bonds. The van der Waals surface area contributed by atoms with Gasteiger partial charge in [0.05, 0.1) is 6.61 Å². The predicted octanol–water partition coefficient (Wildman–Crippen LogP) is -2.69. The molecule has 1 saturated heterocycles. The molecular weight excluding hydrogens is 272 g/mol. The summed E-state index contributed by atoms with van der Waals surface area (Å²) in [4.78, 5) is 19.6. The molecule has 1 aromatic rings. The lowest BCUT2D eigenvalue weighted by Gasteiger charge is -2.21. The average Bonchev–Trinajstić information content (AvgIpc) is 2.73. The number of aliphatic hydroxyl groups excluding tert-OH is 2. The Kier molecular flexibility index (Phi) is 4.65. The van der Waals surface area contributed by atoms with E-state index in [0.29, 0.717) is 0 Å². The van der Waals surface area contributed by atoms with E-state index in [9.17, 15) is 9.90 Å². The Hall–Kier alpha value is -1.56. The number of rotatable bonds is 5. The van der Waals surface area contributed by atoms with Crippen LogP contribution in [0.3, 0.4) is 0 Å². The van der Waals surface area contributed by atoms with Crippen molar-refractivity contribution in [1.82, 2.24) is 9.55 Å². The number of nitrogen functional groups attached to an aromatic ring is 1. The summed E-state index contributed by atoms with van der Waals surface area (Å²) in [5, 5.41) is 19.1. The Bertz CT molecular complexity index is 509. The van der Waals surface area contributed by atoms with Crippen LogP contribution in [0.25, 0.3) is 0 Å². The van der Waals surface area contributed by atoms with Crippen molar-refractivity contribution in [3.05, 3.63) is 22.7 Å². The Morgan fingerprint density at radius 1 is 1.55 bits per heavy atom. The van der Waals surface area contributed by atoms with Gasteiger partial charge < -0.3 is 25.4 Å². The third kappa shape index (κ3) is 2.80. The van der Waals surface area contributed by atoms with E-state index in [1.165, 1.54) is 12.3 Å². The van der Waals surface area contributed by atoms with Gasteiger partial charge >= 0.3 is 5.69 Å². The fourth-order valence-electron chi connectivity index (χ4n) is 2.01. The molecule has 4 atom stereocenters. The molecular formula is C10H16N4O6. The number of anilines is 1. The van der Waals surface area contributed by atoms with Crippen molar-refractivity contribution in [1.29, 1.82) is 0 Å². The number of hydrogen-bond donors (Lipinski definition) is 4. The van der Waals surface area contributed by atoms with Crippen molar-refractivity contribution in [3.63, 3.8) is 0 Å². The van der Waals surface area contributed by atoms with Crippen LogP contribution >= 0.6 is 0 Å². The number of aromatic nitrogens is 2. The maximum atomic E-state index is 11.8. The zero-order valence-electron chi connectivity index (χ0n) is 10.5. The second-order valence-electron chi connectivity index (χ2n) is 4.20. The molecule has 1 aromatic heterocycles. The minimum Gasteiger partial charge on any atom is -0.394 e. The lowest BCUT2D eigenvalue weighted by molar-refractivity contribution is -0.141. The minimum atomic E-state index is -1.15. The fraction of sp³-hybridized carbons (Fsp3) is 0.600. The summed E-state index contributed by atoms with van der Waals surface area (Å²) >= 11 is 0. The minimum absolute atomic E-state index is 0.0614. The van der Waals surface area contributed by atoms with Crippen LogP contribution in [0.2, 0.25) is 0 Å². The highest BCUT2D eigenvalue weighted by Gasteiger charge is 2.45. The standard InChI is InChI=1S/C10H16N4O6/c11-6-1-2-14(10(17)13-6)9-8(18-4-19-12)7(16)5(3-15)20-9/h1-2,5,7-9,15-16H,3-4,12H2,(H2,11,13,17)/t5-,7?,8?,9-/m1/s1. The van der Waals surface area contributed by atoms with E-state index >= 15 is 0 Å². The van der Waals surface area contributed by atoms with Crippen LogP contribution in [0.5, 0.6) is 0 Å². The van der Waals surface area contributed by atoms with Crippen molar-refractivity contribution in [2.45, 2.75) is 24.5 Å². The number of aliphatic hydroxyl groups is 2. The molecule has 2 unspecified atom stereocenters. The van der Waals surface area contributed by atoms with Gasteiger partial charge in [0.15, 0.2) is 13.0 Å². The van der Waals surface area contributed by atoms with E-state index in [0.717, 1.165) is 4.57 Å². The average molecular weight is 288 g/mol. The highest BCUT2D eigenvalue weighted by Crippen LogP contribution is 2.30. The monoisotopic (exact) mass is 288 g/mol. The van der Waals surface area contributed by atoms with Crippen LogP contribution in [0.4, 0.5) is 5.82 Å². The molecule has 0 saturated carbocycles. The van der Waals surface area contributed by atoms with Crippen LogP contribution in [0.15, 0.2) is 17.1 Å². The van der Waals surface area contributed by atoms with Crippen molar-refractivity contribution in [2.75, 3.05) is 19.1 Å². The summed E-state index contributed by atoms with van der Waals surface area (Å²) in [7, 11) is 0. The van der Waals surface area contributed by atoms with Gasteiger partial charge in [0.25, 0.3) is 0 Å². The topological polar surface area (TPSA) is 155 Å². The van der Waals surface area contributed by atoms with Gasteiger partial charge in [0, 0.05) is 6.20 Å². The van der Waals surface area contributed by atoms with Crippen molar-refractivity contribution < 1.29 is 24.5 Å². The lowest BCUT2D eigenvalue weighted by atomic mass is 10.1. The zero-order valence-corrected chi connectivity index (χ0v) is 10.5. The molecule has 10 heteroatoms. The summed E-state index contributed by atoms with van der Waals surface area (Å²) in [5.74, 6) is 4.92. The van der Waals surface area contributed by atoms with E-state index in [2.05, 4.69) is 9.82 Å². The highest BCUT2D eigenvalue weighted by atomic mass is 16.7. The lowest BCUT2D eigenvalue weighted by Crippen LogP contribution is -2.38.